The summed E-state index contributed by atoms with van der Waals surface area (Å²) in [7, 11) is 0. The number of nitrogens with one attached hydrogen (secondary N) is 1. The SMILES string of the molecule is CC(C)=CCc1cc(O)c2cc[nH]c2c1. The number of aromatic hydroxyl groups is 1. The number of aromatic nitrogens is 1. The van der Waals surface area contributed by atoms with Crippen LogP contribution in [0.4, 0.5) is 0 Å². The van der Waals surface area contributed by atoms with Crippen molar-refractivity contribution in [3.8, 4) is 5.75 Å². The number of hydrogen-bond donors (Lipinski definition) is 2. The van der Waals surface area contributed by atoms with Crippen LogP contribution in [0.15, 0.2) is 36.0 Å². The Labute approximate surface area is 89.3 Å². The molecule has 2 aromatic rings. The van der Waals surface area contributed by atoms with Crippen LogP contribution in [0.25, 0.3) is 10.9 Å². The lowest BCUT2D eigenvalue weighted by Crippen LogP contribution is -1.82. The van der Waals surface area contributed by atoms with Crippen molar-refractivity contribution < 1.29 is 5.11 Å². The molecule has 0 atom stereocenters. The predicted octanol–water partition coefficient (Wildman–Crippen LogP) is 3.38. The number of rotatable bonds is 2. The lowest BCUT2D eigenvalue weighted by Gasteiger charge is -2.01. The molecule has 0 spiro atoms. The number of fused-ring (bicyclic) bond motifs is 1. The van der Waals surface area contributed by atoms with E-state index >= 15 is 0 Å². The van der Waals surface area contributed by atoms with Gasteiger partial charge in [0, 0.05) is 17.1 Å². The van der Waals surface area contributed by atoms with Crippen molar-refractivity contribution in [3.63, 3.8) is 0 Å². The Hall–Kier alpha value is -1.70. The van der Waals surface area contributed by atoms with Gasteiger partial charge >= 0.3 is 0 Å². The van der Waals surface area contributed by atoms with Gasteiger partial charge in [-0.25, -0.2) is 0 Å². The molecule has 15 heavy (non-hydrogen) atoms. The van der Waals surface area contributed by atoms with Crippen LogP contribution in [0.3, 0.4) is 0 Å². The van der Waals surface area contributed by atoms with Crippen LogP contribution >= 0.6 is 0 Å². The van der Waals surface area contributed by atoms with Crippen molar-refractivity contribution in [2.24, 2.45) is 0 Å². The van der Waals surface area contributed by atoms with Crippen LogP contribution < -0.4 is 0 Å². The van der Waals surface area contributed by atoms with E-state index in [-0.39, 0.29) is 0 Å². The number of benzene rings is 1. The Bertz CT molecular complexity index is 504. The quantitative estimate of drug-likeness (QED) is 0.718. The average Bonchev–Trinajstić information content (AvgIpc) is 2.63. The smallest absolute Gasteiger partial charge is 0.125 e. The molecule has 0 unspecified atom stereocenters. The van der Waals surface area contributed by atoms with Crippen molar-refractivity contribution in [1.29, 1.82) is 0 Å². The Balaban J connectivity index is 2.41. The fraction of sp³-hybridized carbons (Fsp3) is 0.231. The molecular weight excluding hydrogens is 186 g/mol. The average molecular weight is 201 g/mol. The molecule has 0 saturated heterocycles. The molecule has 1 aromatic heterocycles. The Kier molecular flexibility index (Phi) is 2.50. The summed E-state index contributed by atoms with van der Waals surface area (Å²) in [5.41, 5.74) is 3.41. The van der Waals surface area contributed by atoms with E-state index in [0.29, 0.717) is 5.75 Å². The number of allylic oxidation sites excluding steroid dienone is 2. The third-order valence-corrected chi connectivity index (χ3v) is 2.45. The van der Waals surface area contributed by atoms with Gasteiger partial charge < -0.3 is 10.1 Å². The molecule has 2 rings (SSSR count). The van der Waals surface area contributed by atoms with Gasteiger partial charge in [0.25, 0.3) is 0 Å². The molecule has 0 fully saturated rings. The highest BCUT2D eigenvalue weighted by Gasteiger charge is 2.02. The first-order valence-corrected chi connectivity index (χ1v) is 5.09. The van der Waals surface area contributed by atoms with Crippen molar-refractivity contribution >= 4 is 10.9 Å². The van der Waals surface area contributed by atoms with Gasteiger partial charge in [0.15, 0.2) is 0 Å². The minimum absolute atomic E-state index is 0.353. The first-order chi connectivity index (χ1) is 7.16. The standard InChI is InChI=1S/C13H15NO/c1-9(2)3-4-10-7-12-11(5-6-14-12)13(15)8-10/h3,5-8,14-15H,4H2,1-2H3. The van der Waals surface area contributed by atoms with Crippen LogP contribution in [-0.4, -0.2) is 10.1 Å². The second-order valence-electron chi connectivity index (χ2n) is 4.04. The lowest BCUT2D eigenvalue weighted by atomic mass is 10.1. The lowest BCUT2D eigenvalue weighted by molar-refractivity contribution is 0.481. The van der Waals surface area contributed by atoms with Crippen molar-refractivity contribution in [3.05, 3.63) is 41.6 Å². The summed E-state index contributed by atoms with van der Waals surface area (Å²) >= 11 is 0. The molecule has 1 heterocycles. The normalized spacial score (nSPS) is 10.5. The molecule has 0 aliphatic heterocycles. The molecule has 0 bridgehead atoms. The zero-order valence-corrected chi connectivity index (χ0v) is 9.04. The molecule has 0 aliphatic carbocycles. The maximum atomic E-state index is 9.77. The van der Waals surface area contributed by atoms with Gasteiger partial charge in [-0.1, -0.05) is 11.6 Å². The maximum Gasteiger partial charge on any atom is 0.125 e. The molecule has 1 aromatic carbocycles. The van der Waals surface area contributed by atoms with Crippen LogP contribution in [0, 0.1) is 0 Å². The number of phenols is 1. The zero-order valence-electron chi connectivity index (χ0n) is 9.04. The monoisotopic (exact) mass is 201 g/mol. The molecular formula is C13H15NO. The van der Waals surface area contributed by atoms with Gasteiger partial charge in [-0.2, -0.15) is 0 Å². The highest BCUT2D eigenvalue weighted by Crippen LogP contribution is 2.25. The van der Waals surface area contributed by atoms with Gasteiger partial charge in [-0.05, 0) is 44.0 Å². The second-order valence-corrected chi connectivity index (χ2v) is 4.04. The predicted molar refractivity (Wildman–Crippen MR) is 63.1 cm³/mol. The minimum Gasteiger partial charge on any atom is -0.507 e. The Morgan fingerprint density at radius 3 is 2.93 bits per heavy atom. The minimum atomic E-state index is 0.353. The molecule has 2 N–H and O–H groups in total. The highest BCUT2D eigenvalue weighted by atomic mass is 16.3. The third kappa shape index (κ3) is 2.04. The summed E-state index contributed by atoms with van der Waals surface area (Å²) < 4.78 is 0. The van der Waals surface area contributed by atoms with E-state index in [1.165, 1.54) is 5.57 Å². The van der Waals surface area contributed by atoms with Crippen LogP contribution in [0.1, 0.15) is 19.4 Å². The largest absolute Gasteiger partial charge is 0.507 e. The molecule has 2 nitrogen and oxygen atoms in total. The van der Waals surface area contributed by atoms with Crippen molar-refractivity contribution in [2.45, 2.75) is 20.3 Å². The van der Waals surface area contributed by atoms with E-state index in [2.05, 4.69) is 31.0 Å². The highest BCUT2D eigenvalue weighted by molar-refractivity contribution is 5.86. The van der Waals surface area contributed by atoms with E-state index in [0.717, 1.165) is 22.9 Å². The summed E-state index contributed by atoms with van der Waals surface area (Å²) in [5, 5.41) is 10.7. The molecule has 0 aliphatic rings. The maximum absolute atomic E-state index is 9.77. The van der Waals surface area contributed by atoms with Crippen molar-refractivity contribution in [1.82, 2.24) is 4.98 Å². The van der Waals surface area contributed by atoms with Gasteiger partial charge in [0.05, 0.1) is 0 Å². The van der Waals surface area contributed by atoms with E-state index < -0.39 is 0 Å². The zero-order chi connectivity index (χ0) is 10.8. The van der Waals surface area contributed by atoms with Crippen LogP contribution in [-0.2, 0) is 6.42 Å². The Morgan fingerprint density at radius 2 is 2.20 bits per heavy atom. The molecule has 0 amide bonds. The fourth-order valence-electron chi connectivity index (χ4n) is 1.65. The molecule has 0 saturated carbocycles. The van der Waals surface area contributed by atoms with Crippen LogP contribution in [0.2, 0.25) is 0 Å². The second kappa shape index (κ2) is 3.81. The number of H-pyrrole nitrogens is 1. The summed E-state index contributed by atoms with van der Waals surface area (Å²) in [4.78, 5) is 3.11. The molecule has 78 valence electrons. The number of aromatic amines is 1. The summed E-state index contributed by atoms with van der Waals surface area (Å²) in [5.74, 6) is 0.353. The van der Waals surface area contributed by atoms with Gasteiger partial charge in [-0.3, -0.25) is 0 Å². The van der Waals surface area contributed by atoms with E-state index in [9.17, 15) is 5.11 Å². The van der Waals surface area contributed by atoms with Gasteiger partial charge in [0.1, 0.15) is 5.75 Å². The van der Waals surface area contributed by atoms with Crippen molar-refractivity contribution in [2.75, 3.05) is 0 Å². The first-order valence-electron chi connectivity index (χ1n) is 5.09. The first kappa shape index (κ1) is 9.84. The van der Waals surface area contributed by atoms with Gasteiger partial charge in [0.2, 0.25) is 0 Å². The summed E-state index contributed by atoms with van der Waals surface area (Å²) in [6, 6.07) is 5.79. The van der Waals surface area contributed by atoms with Gasteiger partial charge in [-0.15, -0.1) is 0 Å². The topological polar surface area (TPSA) is 36.0 Å². The Morgan fingerprint density at radius 1 is 1.40 bits per heavy atom. The molecule has 0 radical (unpaired) electrons. The van der Waals surface area contributed by atoms with E-state index in [4.69, 9.17) is 0 Å². The summed E-state index contributed by atoms with van der Waals surface area (Å²) in [6.07, 6.45) is 4.86. The fourth-order valence-corrected chi connectivity index (χ4v) is 1.65. The van der Waals surface area contributed by atoms with Crippen LogP contribution in [0.5, 0.6) is 5.75 Å². The van der Waals surface area contributed by atoms with E-state index in [1.54, 1.807) is 0 Å². The number of phenolic OH excluding ortho intramolecular Hbond substituents is 1. The molecule has 2 heteroatoms. The summed E-state index contributed by atoms with van der Waals surface area (Å²) in [6.45, 7) is 4.15. The third-order valence-electron chi connectivity index (χ3n) is 2.45. The number of hydrogen-bond acceptors (Lipinski definition) is 1. The van der Waals surface area contributed by atoms with E-state index in [1.807, 2.05) is 18.3 Å².